The summed E-state index contributed by atoms with van der Waals surface area (Å²) in [5, 5.41) is 3.66. The fourth-order valence-electron chi connectivity index (χ4n) is 2.97. The Balaban J connectivity index is 2.03. The van der Waals surface area contributed by atoms with Gasteiger partial charge in [-0.1, -0.05) is 24.6 Å². The Bertz CT molecular complexity index is 1090. The molecule has 1 amide bonds. The number of nitrogens with zero attached hydrogens (tertiary/aromatic N) is 1. The quantitative estimate of drug-likeness (QED) is 0.614. The first kappa shape index (κ1) is 20.4. The number of amides is 1. The molecule has 0 saturated carbocycles. The normalized spacial score (nSPS) is 11.5. The summed E-state index contributed by atoms with van der Waals surface area (Å²) in [7, 11) is -3.66. The largest absolute Gasteiger partial charge is 0.352 e. The van der Waals surface area contributed by atoms with Gasteiger partial charge in [-0.05, 0) is 62.1 Å². The van der Waals surface area contributed by atoms with Gasteiger partial charge in [0.15, 0.2) is 0 Å². The van der Waals surface area contributed by atoms with Gasteiger partial charge < -0.3 is 5.32 Å². The van der Waals surface area contributed by atoms with Crippen LogP contribution in [-0.2, 0) is 10.0 Å². The second-order valence-corrected chi connectivity index (χ2v) is 9.53. The van der Waals surface area contributed by atoms with E-state index in [1.165, 1.54) is 15.6 Å². The molecule has 2 aromatic carbocycles. The van der Waals surface area contributed by atoms with Gasteiger partial charge in [0.2, 0.25) is 0 Å². The highest BCUT2D eigenvalue weighted by Gasteiger charge is 2.24. The number of fused-ring (bicyclic) bond motifs is 1. The van der Waals surface area contributed by atoms with E-state index in [0.29, 0.717) is 30.1 Å². The van der Waals surface area contributed by atoms with Crippen molar-refractivity contribution in [3.63, 3.8) is 0 Å². The Labute approximate surface area is 170 Å². The second-order valence-electron chi connectivity index (χ2n) is 6.58. The fourth-order valence-corrected chi connectivity index (χ4v) is 5.48. The number of sulfonamides is 1. The molecule has 0 aliphatic carbocycles. The molecule has 1 aromatic heterocycles. The SMILES string of the molecule is CCCN(c1ccc2sc(C(=O)NCC)cc2c1)S(=O)(=O)c1ccc(C)cc1. The Morgan fingerprint density at radius 2 is 1.79 bits per heavy atom. The molecule has 0 fully saturated rings. The molecule has 5 nitrogen and oxygen atoms in total. The zero-order valence-corrected chi connectivity index (χ0v) is 17.9. The number of carbonyl (C=O) groups excluding carboxylic acids is 1. The summed E-state index contributed by atoms with van der Waals surface area (Å²) in [4.78, 5) is 13.0. The number of anilines is 1. The van der Waals surface area contributed by atoms with Gasteiger partial charge in [-0.3, -0.25) is 9.10 Å². The summed E-state index contributed by atoms with van der Waals surface area (Å²) in [6.07, 6.45) is 0.691. The number of hydrogen-bond donors (Lipinski definition) is 1. The molecular weight excluding hydrogens is 392 g/mol. The maximum absolute atomic E-state index is 13.2. The smallest absolute Gasteiger partial charge is 0.264 e. The summed E-state index contributed by atoms with van der Waals surface area (Å²) >= 11 is 1.40. The summed E-state index contributed by atoms with van der Waals surface area (Å²) in [6, 6.07) is 14.2. The van der Waals surface area contributed by atoms with E-state index >= 15 is 0 Å². The third-order valence-electron chi connectivity index (χ3n) is 4.38. The van der Waals surface area contributed by atoms with Crippen LogP contribution in [0.5, 0.6) is 0 Å². The molecule has 148 valence electrons. The first-order valence-corrected chi connectivity index (χ1v) is 11.5. The molecule has 0 unspecified atom stereocenters. The molecule has 7 heteroatoms. The first-order valence-electron chi connectivity index (χ1n) is 9.28. The first-order chi connectivity index (χ1) is 13.4. The van der Waals surface area contributed by atoms with Crippen LogP contribution in [0.1, 0.15) is 35.5 Å². The van der Waals surface area contributed by atoms with Gasteiger partial charge in [-0.15, -0.1) is 11.3 Å². The van der Waals surface area contributed by atoms with Crippen LogP contribution < -0.4 is 9.62 Å². The second kappa shape index (κ2) is 8.32. The molecule has 28 heavy (non-hydrogen) atoms. The number of carbonyl (C=O) groups is 1. The lowest BCUT2D eigenvalue weighted by Gasteiger charge is -2.24. The van der Waals surface area contributed by atoms with Crippen molar-refractivity contribution in [2.45, 2.75) is 32.1 Å². The molecule has 3 aromatic rings. The molecule has 0 aliphatic rings. The highest BCUT2D eigenvalue weighted by molar-refractivity contribution is 7.92. The van der Waals surface area contributed by atoms with Crippen LogP contribution in [0.3, 0.4) is 0 Å². The van der Waals surface area contributed by atoms with Crippen LogP contribution in [0.2, 0.25) is 0 Å². The Morgan fingerprint density at radius 1 is 1.07 bits per heavy atom. The van der Waals surface area contributed by atoms with Crippen LogP contribution in [0.25, 0.3) is 10.1 Å². The van der Waals surface area contributed by atoms with Crippen molar-refractivity contribution in [1.82, 2.24) is 5.32 Å². The highest BCUT2D eigenvalue weighted by atomic mass is 32.2. The lowest BCUT2D eigenvalue weighted by molar-refractivity contribution is 0.0960. The van der Waals surface area contributed by atoms with Crippen molar-refractivity contribution < 1.29 is 13.2 Å². The lowest BCUT2D eigenvalue weighted by Crippen LogP contribution is -2.31. The van der Waals surface area contributed by atoms with Gasteiger partial charge in [-0.25, -0.2) is 8.42 Å². The average molecular weight is 417 g/mol. The minimum atomic E-state index is -3.66. The van der Waals surface area contributed by atoms with Crippen LogP contribution in [0.4, 0.5) is 5.69 Å². The van der Waals surface area contributed by atoms with E-state index in [9.17, 15) is 13.2 Å². The standard InChI is InChI=1S/C21H24N2O3S2/c1-4-12-23(28(25,26)18-9-6-15(3)7-10-18)17-8-11-19-16(13-17)14-20(27-19)21(24)22-5-2/h6-11,13-14H,4-5,12H2,1-3H3,(H,22,24). The van der Waals surface area contributed by atoms with Crippen molar-refractivity contribution in [1.29, 1.82) is 0 Å². The topological polar surface area (TPSA) is 66.5 Å². The van der Waals surface area contributed by atoms with E-state index in [4.69, 9.17) is 0 Å². The molecule has 0 aliphatic heterocycles. The predicted octanol–water partition coefficient (Wildman–Crippen LogP) is 4.56. The fraction of sp³-hybridized carbons (Fsp3) is 0.286. The Kier molecular flexibility index (Phi) is 6.05. The molecule has 1 heterocycles. The number of hydrogen-bond acceptors (Lipinski definition) is 4. The molecular formula is C21H24N2O3S2. The summed E-state index contributed by atoms with van der Waals surface area (Å²) in [5.41, 5.74) is 1.62. The van der Waals surface area contributed by atoms with Crippen molar-refractivity contribution in [3.05, 3.63) is 59.0 Å². The molecule has 1 N–H and O–H groups in total. The van der Waals surface area contributed by atoms with Crippen LogP contribution in [0.15, 0.2) is 53.4 Å². The monoisotopic (exact) mass is 416 g/mol. The van der Waals surface area contributed by atoms with E-state index in [1.54, 1.807) is 24.3 Å². The third-order valence-corrected chi connectivity index (χ3v) is 7.34. The summed E-state index contributed by atoms with van der Waals surface area (Å²) in [5.74, 6) is -0.108. The highest BCUT2D eigenvalue weighted by Crippen LogP contribution is 2.32. The molecule has 0 radical (unpaired) electrons. The minimum Gasteiger partial charge on any atom is -0.352 e. The Morgan fingerprint density at radius 3 is 2.43 bits per heavy atom. The minimum absolute atomic E-state index is 0.108. The molecule has 0 atom stereocenters. The number of rotatable bonds is 7. The predicted molar refractivity (Wildman–Crippen MR) is 116 cm³/mol. The zero-order valence-electron chi connectivity index (χ0n) is 16.2. The van der Waals surface area contributed by atoms with Gasteiger partial charge in [0.05, 0.1) is 15.5 Å². The number of nitrogens with one attached hydrogen (secondary N) is 1. The maximum atomic E-state index is 13.2. The number of aryl methyl sites for hydroxylation is 1. The van der Waals surface area contributed by atoms with E-state index in [0.717, 1.165) is 15.6 Å². The van der Waals surface area contributed by atoms with Crippen molar-refractivity contribution in [3.8, 4) is 0 Å². The zero-order chi connectivity index (χ0) is 20.3. The van der Waals surface area contributed by atoms with Crippen molar-refractivity contribution >= 4 is 43.0 Å². The summed E-state index contributed by atoms with van der Waals surface area (Å²) < 4.78 is 28.9. The van der Waals surface area contributed by atoms with Gasteiger partial charge in [0.1, 0.15) is 0 Å². The van der Waals surface area contributed by atoms with Gasteiger partial charge in [0, 0.05) is 17.8 Å². The molecule has 3 rings (SSSR count). The van der Waals surface area contributed by atoms with E-state index < -0.39 is 10.0 Å². The van der Waals surface area contributed by atoms with Crippen molar-refractivity contribution in [2.24, 2.45) is 0 Å². The lowest BCUT2D eigenvalue weighted by atomic mass is 10.2. The van der Waals surface area contributed by atoms with E-state index in [2.05, 4.69) is 5.32 Å². The summed E-state index contributed by atoms with van der Waals surface area (Å²) in [6.45, 7) is 6.71. The van der Waals surface area contributed by atoms with Crippen LogP contribution in [-0.4, -0.2) is 27.4 Å². The van der Waals surface area contributed by atoms with Gasteiger partial charge >= 0.3 is 0 Å². The van der Waals surface area contributed by atoms with Gasteiger partial charge in [0.25, 0.3) is 15.9 Å². The molecule has 0 spiro atoms. The van der Waals surface area contributed by atoms with Crippen molar-refractivity contribution in [2.75, 3.05) is 17.4 Å². The number of thiophene rings is 1. The van der Waals surface area contributed by atoms with Crippen LogP contribution in [0, 0.1) is 6.92 Å². The van der Waals surface area contributed by atoms with Gasteiger partial charge in [-0.2, -0.15) is 0 Å². The average Bonchev–Trinajstić information content (AvgIpc) is 3.10. The Hall–Kier alpha value is -2.38. The van der Waals surface area contributed by atoms with Crippen LogP contribution >= 0.6 is 11.3 Å². The molecule has 0 bridgehead atoms. The van der Waals surface area contributed by atoms with E-state index in [1.807, 2.05) is 45.0 Å². The third kappa shape index (κ3) is 4.05. The number of benzene rings is 2. The van der Waals surface area contributed by atoms with E-state index in [-0.39, 0.29) is 10.8 Å². The maximum Gasteiger partial charge on any atom is 0.264 e. The molecule has 0 saturated heterocycles.